The number of nitrogens with two attached hydrogens (primary N) is 1. The van der Waals surface area contributed by atoms with Crippen LogP contribution in [0.2, 0.25) is 0 Å². The molecular formula is C12H10N4O. The molecule has 0 spiro atoms. The van der Waals surface area contributed by atoms with Crippen molar-refractivity contribution in [2.24, 2.45) is 10.8 Å². The number of para-hydroxylation sites is 1. The summed E-state index contributed by atoms with van der Waals surface area (Å²) in [4.78, 5) is 11.6. The van der Waals surface area contributed by atoms with Crippen molar-refractivity contribution in [2.75, 3.05) is 5.32 Å². The lowest BCUT2D eigenvalue weighted by molar-refractivity contribution is -0.116. The molecule has 0 saturated heterocycles. The number of amides is 1. The molecule has 0 fully saturated rings. The lowest BCUT2D eigenvalue weighted by Gasteiger charge is -2.16. The Morgan fingerprint density at radius 2 is 2.00 bits per heavy atom. The number of nitrogens with zero attached hydrogens (tertiary/aromatic N) is 1. The summed E-state index contributed by atoms with van der Waals surface area (Å²) in [5.74, 6) is -0.0736. The van der Waals surface area contributed by atoms with Crippen LogP contribution in [-0.4, -0.2) is 11.7 Å². The lowest BCUT2D eigenvalue weighted by atomic mass is 10.0. The molecule has 5 nitrogen and oxygen atoms in total. The maximum atomic E-state index is 11.6. The van der Waals surface area contributed by atoms with Gasteiger partial charge in [-0.2, -0.15) is 5.10 Å². The van der Waals surface area contributed by atoms with Gasteiger partial charge in [-0.3, -0.25) is 4.79 Å². The Bertz CT molecular complexity index is 598. The molecule has 2 aliphatic rings. The molecule has 84 valence electrons. The van der Waals surface area contributed by atoms with Gasteiger partial charge in [-0.25, -0.2) is 5.43 Å². The zero-order valence-corrected chi connectivity index (χ0v) is 8.90. The predicted molar refractivity (Wildman–Crippen MR) is 65.9 cm³/mol. The van der Waals surface area contributed by atoms with Gasteiger partial charge in [0.25, 0.3) is 5.91 Å². The van der Waals surface area contributed by atoms with Crippen LogP contribution in [0.4, 0.5) is 5.69 Å². The Morgan fingerprint density at radius 1 is 1.18 bits per heavy atom. The summed E-state index contributed by atoms with van der Waals surface area (Å²) >= 11 is 0. The molecule has 0 aromatic heterocycles. The van der Waals surface area contributed by atoms with Gasteiger partial charge < -0.3 is 11.1 Å². The van der Waals surface area contributed by atoms with Gasteiger partial charge >= 0.3 is 0 Å². The van der Waals surface area contributed by atoms with Crippen molar-refractivity contribution in [3.63, 3.8) is 0 Å². The molecule has 0 bridgehead atoms. The van der Waals surface area contributed by atoms with E-state index < -0.39 is 0 Å². The molecule has 0 unspecified atom stereocenters. The molecule has 1 amide bonds. The standard InChI is InChI=1S/C12H10N4O/c13-11-10(12(17)16-15-11)9-6-5-7-3-1-2-4-8(7)14-9/h1-6,14H,(H2,13,15)(H,16,17)/b10-9-. The number of hydrogen-bond acceptors (Lipinski definition) is 4. The van der Waals surface area contributed by atoms with E-state index >= 15 is 0 Å². The van der Waals surface area contributed by atoms with Gasteiger partial charge in [0.1, 0.15) is 5.57 Å². The normalized spacial score (nSPS) is 21.6. The minimum absolute atomic E-state index is 0.210. The van der Waals surface area contributed by atoms with E-state index in [0.29, 0.717) is 11.3 Å². The van der Waals surface area contributed by atoms with Gasteiger partial charge in [-0.1, -0.05) is 24.3 Å². The summed E-state index contributed by atoms with van der Waals surface area (Å²) in [6.45, 7) is 0. The second-order valence-electron chi connectivity index (χ2n) is 3.77. The number of nitrogens with one attached hydrogen (secondary N) is 2. The monoisotopic (exact) mass is 226 g/mol. The van der Waals surface area contributed by atoms with Crippen molar-refractivity contribution >= 4 is 23.5 Å². The third kappa shape index (κ3) is 1.48. The smallest absolute Gasteiger partial charge is 0.277 e. The zero-order chi connectivity index (χ0) is 11.8. The van der Waals surface area contributed by atoms with Gasteiger partial charge in [0.15, 0.2) is 5.84 Å². The number of anilines is 1. The first kappa shape index (κ1) is 9.65. The molecule has 4 N–H and O–H groups in total. The molecule has 0 radical (unpaired) electrons. The van der Waals surface area contributed by atoms with E-state index in [1.54, 1.807) is 0 Å². The van der Waals surface area contributed by atoms with Crippen molar-refractivity contribution in [2.45, 2.75) is 0 Å². The highest BCUT2D eigenvalue weighted by Crippen LogP contribution is 2.26. The molecule has 0 aliphatic carbocycles. The van der Waals surface area contributed by atoms with Crippen LogP contribution in [0.15, 0.2) is 46.7 Å². The molecular weight excluding hydrogens is 216 g/mol. The van der Waals surface area contributed by atoms with Gasteiger partial charge in [0, 0.05) is 5.69 Å². The molecule has 2 aliphatic heterocycles. The molecule has 0 saturated carbocycles. The third-order valence-corrected chi connectivity index (χ3v) is 2.69. The number of amidine groups is 1. The molecule has 2 heterocycles. The Hall–Kier alpha value is -2.56. The summed E-state index contributed by atoms with van der Waals surface area (Å²) in [7, 11) is 0. The average molecular weight is 226 g/mol. The van der Waals surface area contributed by atoms with E-state index in [-0.39, 0.29) is 11.7 Å². The van der Waals surface area contributed by atoms with Crippen LogP contribution in [0.3, 0.4) is 0 Å². The zero-order valence-electron chi connectivity index (χ0n) is 8.90. The quantitative estimate of drug-likeness (QED) is 0.572. The Labute approximate surface area is 97.7 Å². The summed E-state index contributed by atoms with van der Waals surface area (Å²) in [5.41, 5.74) is 11.1. The Balaban J connectivity index is 2.08. The van der Waals surface area contributed by atoms with Crippen molar-refractivity contribution in [3.8, 4) is 0 Å². The SMILES string of the molecule is NC1=NNC(=O)/C1=C1/C=Cc2ccccc2N1. The summed E-state index contributed by atoms with van der Waals surface area (Å²) in [6, 6.07) is 7.83. The van der Waals surface area contributed by atoms with E-state index in [2.05, 4.69) is 15.8 Å². The van der Waals surface area contributed by atoms with Gasteiger partial charge in [0.05, 0.1) is 5.70 Å². The van der Waals surface area contributed by atoms with Crippen molar-refractivity contribution in [3.05, 3.63) is 47.2 Å². The maximum absolute atomic E-state index is 11.6. The topological polar surface area (TPSA) is 79.5 Å². The van der Waals surface area contributed by atoms with Crippen molar-refractivity contribution in [1.82, 2.24) is 5.43 Å². The summed E-state index contributed by atoms with van der Waals surface area (Å²) < 4.78 is 0. The molecule has 1 aromatic carbocycles. The highest BCUT2D eigenvalue weighted by molar-refractivity contribution is 6.24. The van der Waals surface area contributed by atoms with Crippen LogP contribution < -0.4 is 16.5 Å². The number of hydrazone groups is 1. The van der Waals surface area contributed by atoms with Gasteiger partial charge in [-0.05, 0) is 17.7 Å². The fraction of sp³-hybridized carbons (Fsp3) is 0. The van der Waals surface area contributed by atoms with Crippen LogP contribution in [-0.2, 0) is 4.79 Å². The van der Waals surface area contributed by atoms with Crippen LogP contribution >= 0.6 is 0 Å². The number of rotatable bonds is 0. The Kier molecular flexibility index (Phi) is 1.98. The number of carbonyl (C=O) groups is 1. The van der Waals surface area contributed by atoms with Gasteiger partial charge in [0.2, 0.25) is 0 Å². The summed E-state index contributed by atoms with van der Waals surface area (Å²) in [6.07, 6.45) is 3.76. The second-order valence-corrected chi connectivity index (χ2v) is 3.77. The van der Waals surface area contributed by atoms with E-state index in [9.17, 15) is 4.79 Å². The highest BCUT2D eigenvalue weighted by atomic mass is 16.2. The largest absolute Gasteiger partial charge is 0.382 e. The fourth-order valence-electron chi connectivity index (χ4n) is 1.86. The lowest BCUT2D eigenvalue weighted by Crippen LogP contribution is -2.22. The van der Waals surface area contributed by atoms with Crippen molar-refractivity contribution in [1.29, 1.82) is 0 Å². The van der Waals surface area contributed by atoms with E-state index in [1.165, 1.54) is 0 Å². The minimum Gasteiger partial charge on any atom is -0.382 e. The average Bonchev–Trinajstić information content (AvgIpc) is 2.68. The number of allylic oxidation sites excluding steroid dienone is 1. The molecule has 17 heavy (non-hydrogen) atoms. The molecule has 3 rings (SSSR count). The van der Waals surface area contributed by atoms with E-state index in [0.717, 1.165) is 11.3 Å². The third-order valence-electron chi connectivity index (χ3n) is 2.69. The van der Waals surface area contributed by atoms with Crippen LogP contribution in [0.25, 0.3) is 6.08 Å². The number of carbonyl (C=O) groups excluding carboxylic acids is 1. The van der Waals surface area contributed by atoms with E-state index in [4.69, 9.17) is 5.73 Å². The first-order valence-electron chi connectivity index (χ1n) is 5.18. The highest BCUT2D eigenvalue weighted by Gasteiger charge is 2.24. The predicted octanol–water partition coefficient (Wildman–Crippen LogP) is 0.781. The first-order chi connectivity index (χ1) is 8.25. The minimum atomic E-state index is -0.283. The first-order valence-corrected chi connectivity index (χ1v) is 5.18. The maximum Gasteiger partial charge on any atom is 0.277 e. The molecule has 1 aromatic rings. The van der Waals surface area contributed by atoms with Crippen LogP contribution in [0, 0.1) is 0 Å². The van der Waals surface area contributed by atoms with Crippen molar-refractivity contribution < 1.29 is 4.79 Å². The number of hydrogen-bond donors (Lipinski definition) is 3. The summed E-state index contributed by atoms with van der Waals surface area (Å²) in [5, 5.41) is 6.86. The number of fused-ring (bicyclic) bond motifs is 1. The second kappa shape index (κ2) is 3.48. The van der Waals surface area contributed by atoms with Crippen LogP contribution in [0.5, 0.6) is 0 Å². The number of benzene rings is 1. The van der Waals surface area contributed by atoms with E-state index in [1.807, 2.05) is 36.4 Å². The van der Waals surface area contributed by atoms with Crippen LogP contribution in [0.1, 0.15) is 5.56 Å². The van der Waals surface area contributed by atoms with Gasteiger partial charge in [-0.15, -0.1) is 0 Å². The molecule has 5 heteroatoms. The Morgan fingerprint density at radius 3 is 2.76 bits per heavy atom. The fourth-order valence-corrected chi connectivity index (χ4v) is 1.86. The molecule has 0 atom stereocenters.